The Bertz CT molecular complexity index is 1350. The van der Waals surface area contributed by atoms with Gasteiger partial charge in [0, 0.05) is 37.1 Å². The van der Waals surface area contributed by atoms with Crippen molar-refractivity contribution >= 4 is 34.8 Å². The topological polar surface area (TPSA) is 110 Å². The molecule has 1 N–H and O–H groups in total. The number of fused-ring (bicyclic) bond motifs is 1. The highest BCUT2D eigenvalue weighted by Gasteiger charge is 2.39. The van der Waals surface area contributed by atoms with Crippen molar-refractivity contribution in [3.05, 3.63) is 35.5 Å². The number of ether oxygens (including phenoxy) is 2. The molecule has 1 aliphatic heterocycles. The monoisotopic (exact) mass is 590 g/mol. The smallest absolute Gasteiger partial charge is 0.408 e. The molecule has 2 unspecified atom stereocenters. The Labute approximate surface area is 244 Å². The number of aromatic nitrogens is 1. The molecule has 2 atom stereocenters. The van der Waals surface area contributed by atoms with E-state index in [9.17, 15) is 28.0 Å². The Hall–Kier alpha value is -3.70. The second kappa shape index (κ2) is 12.7. The van der Waals surface area contributed by atoms with E-state index >= 15 is 0 Å². The van der Waals surface area contributed by atoms with Gasteiger partial charge in [-0.3, -0.25) is 14.4 Å². The van der Waals surface area contributed by atoms with Crippen LogP contribution in [0.3, 0.4) is 0 Å². The maximum absolute atomic E-state index is 14.1. The number of nitrogens with zero attached hydrogens (tertiary/aromatic N) is 3. The maximum Gasteiger partial charge on any atom is 0.408 e. The number of hydrogen-bond donors (Lipinski definition) is 1. The fraction of sp³-hybridized carbons (Fsp3) is 0.600. The van der Waals surface area contributed by atoms with Crippen LogP contribution in [0.1, 0.15) is 70.3 Å². The summed E-state index contributed by atoms with van der Waals surface area (Å²) in [4.78, 5) is 55.6. The highest BCUT2D eigenvalue weighted by atomic mass is 19.2. The SMILES string of the molecule is COC(=O)Cn1c(C(=O)N2CCN(C(=O)C(NC(=O)OC(C)(C)C)C3CCCCC3)CC2C)cc2cc(F)c(F)cc21. The van der Waals surface area contributed by atoms with Crippen LogP contribution in [0, 0.1) is 17.6 Å². The van der Waals surface area contributed by atoms with Crippen molar-refractivity contribution in [1.82, 2.24) is 19.7 Å². The minimum Gasteiger partial charge on any atom is -0.468 e. The standard InChI is InChI=1S/C30H40F2N4O6/c1-18-16-34(28(39)26(19-9-7-6-8-10-19)33-29(40)42-30(2,3)4)11-12-35(18)27(38)24-14-20-13-21(31)22(32)15-23(20)36(24)17-25(37)41-5/h13-15,18-19,26H,6-12,16-17H2,1-5H3,(H,33,40). The van der Waals surface area contributed by atoms with Gasteiger partial charge in [-0.05, 0) is 58.6 Å². The summed E-state index contributed by atoms with van der Waals surface area (Å²) in [6, 6.07) is 2.21. The molecule has 3 amide bonds. The van der Waals surface area contributed by atoms with Crippen molar-refractivity contribution in [3.8, 4) is 0 Å². The number of alkyl carbamates (subject to hydrolysis) is 1. The van der Waals surface area contributed by atoms with Crippen LogP contribution in [0.2, 0.25) is 0 Å². The predicted molar refractivity (Wildman–Crippen MR) is 151 cm³/mol. The molecule has 42 heavy (non-hydrogen) atoms. The van der Waals surface area contributed by atoms with Crippen LogP contribution < -0.4 is 5.32 Å². The van der Waals surface area contributed by atoms with Gasteiger partial charge in [0.1, 0.15) is 23.9 Å². The number of esters is 1. The van der Waals surface area contributed by atoms with E-state index in [4.69, 9.17) is 9.47 Å². The molecule has 2 heterocycles. The molecule has 1 aliphatic carbocycles. The van der Waals surface area contributed by atoms with Crippen LogP contribution in [0.25, 0.3) is 10.9 Å². The van der Waals surface area contributed by atoms with E-state index in [2.05, 4.69) is 5.32 Å². The lowest BCUT2D eigenvalue weighted by atomic mass is 9.83. The van der Waals surface area contributed by atoms with Gasteiger partial charge in [0.05, 0.1) is 12.6 Å². The summed E-state index contributed by atoms with van der Waals surface area (Å²) in [6.45, 7) is 7.38. The van der Waals surface area contributed by atoms with Crippen molar-refractivity contribution in [2.75, 3.05) is 26.7 Å². The van der Waals surface area contributed by atoms with E-state index in [0.717, 1.165) is 44.2 Å². The summed E-state index contributed by atoms with van der Waals surface area (Å²) < 4.78 is 39.6. The summed E-state index contributed by atoms with van der Waals surface area (Å²) >= 11 is 0. The number of rotatable bonds is 6. The summed E-state index contributed by atoms with van der Waals surface area (Å²) in [5.74, 6) is -3.48. The van der Waals surface area contributed by atoms with E-state index in [1.807, 2.05) is 0 Å². The number of methoxy groups -OCH3 is 1. The second-order valence-electron chi connectivity index (χ2n) is 12.2. The molecule has 1 aromatic carbocycles. The molecular formula is C30H40F2N4O6. The van der Waals surface area contributed by atoms with Gasteiger partial charge in [-0.1, -0.05) is 19.3 Å². The number of hydrogen-bond acceptors (Lipinski definition) is 6. The van der Waals surface area contributed by atoms with Gasteiger partial charge >= 0.3 is 12.1 Å². The minimum absolute atomic E-state index is 0.0106. The average Bonchev–Trinajstić information content (AvgIpc) is 3.27. The van der Waals surface area contributed by atoms with Gasteiger partial charge in [-0.2, -0.15) is 0 Å². The van der Waals surface area contributed by atoms with E-state index in [0.29, 0.717) is 0 Å². The molecule has 4 rings (SSSR count). The fourth-order valence-corrected chi connectivity index (χ4v) is 5.88. The third-order valence-electron chi connectivity index (χ3n) is 7.94. The van der Waals surface area contributed by atoms with Gasteiger partial charge in [-0.25, -0.2) is 13.6 Å². The van der Waals surface area contributed by atoms with Crippen LogP contribution >= 0.6 is 0 Å². The summed E-state index contributed by atoms with van der Waals surface area (Å²) in [5, 5.41) is 3.10. The lowest BCUT2D eigenvalue weighted by Gasteiger charge is -2.42. The Morgan fingerprint density at radius 3 is 2.31 bits per heavy atom. The van der Waals surface area contributed by atoms with E-state index < -0.39 is 47.3 Å². The summed E-state index contributed by atoms with van der Waals surface area (Å²) in [6.07, 6.45) is 4.07. The van der Waals surface area contributed by atoms with Crippen molar-refractivity contribution in [2.45, 2.75) is 84.0 Å². The van der Waals surface area contributed by atoms with Crippen molar-refractivity contribution in [1.29, 1.82) is 0 Å². The lowest BCUT2D eigenvalue weighted by Crippen LogP contribution is -2.60. The largest absolute Gasteiger partial charge is 0.468 e. The average molecular weight is 591 g/mol. The Balaban J connectivity index is 1.53. The minimum atomic E-state index is -1.10. The third-order valence-corrected chi connectivity index (χ3v) is 7.94. The van der Waals surface area contributed by atoms with Gasteiger partial charge in [0.25, 0.3) is 5.91 Å². The van der Waals surface area contributed by atoms with Gasteiger partial charge in [-0.15, -0.1) is 0 Å². The zero-order valence-corrected chi connectivity index (χ0v) is 24.9. The van der Waals surface area contributed by atoms with Crippen LogP contribution in [0.4, 0.5) is 13.6 Å². The molecule has 0 bridgehead atoms. The molecule has 1 saturated carbocycles. The lowest BCUT2D eigenvalue weighted by molar-refractivity contribution is -0.141. The number of carbonyl (C=O) groups is 4. The first kappa shape index (κ1) is 31.2. The zero-order valence-electron chi connectivity index (χ0n) is 24.9. The molecule has 2 fully saturated rings. The summed E-state index contributed by atoms with van der Waals surface area (Å²) in [5.41, 5.74) is -0.440. The van der Waals surface area contributed by atoms with Crippen LogP contribution in [-0.2, 0) is 25.6 Å². The maximum atomic E-state index is 14.1. The van der Waals surface area contributed by atoms with Crippen molar-refractivity contribution < 1.29 is 37.4 Å². The Morgan fingerprint density at radius 2 is 1.69 bits per heavy atom. The number of halogens is 2. The van der Waals surface area contributed by atoms with E-state index in [-0.39, 0.29) is 54.6 Å². The van der Waals surface area contributed by atoms with Crippen LogP contribution in [0.15, 0.2) is 18.2 Å². The number of amides is 3. The molecular weight excluding hydrogens is 550 g/mol. The Morgan fingerprint density at radius 1 is 1.02 bits per heavy atom. The molecule has 10 nitrogen and oxygen atoms in total. The van der Waals surface area contributed by atoms with Crippen LogP contribution in [-0.4, -0.2) is 82.7 Å². The molecule has 1 saturated heterocycles. The second-order valence-corrected chi connectivity index (χ2v) is 12.2. The molecule has 2 aliphatic rings. The predicted octanol–water partition coefficient (Wildman–Crippen LogP) is 4.24. The number of nitrogens with one attached hydrogen (secondary N) is 1. The van der Waals surface area contributed by atoms with E-state index in [1.54, 1.807) is 37.5 Å². The first-order valence-electron chi connectivity index (χ1n) is 14.4. The van der Waals surface area contributed by atoms with E-state index in [1.165, 1.54) is 17.7 Å². The highest BCUT2D eigenvalue weighted by Crippen LogP contribution is 2.29. The third kappa shape index (κ3) is 7.01. The zero-order chi connectivity index (χ0) is 30.8. The van der Waals surface area contributed by atoms with Crippen LogP contribution in [0.5, 0.6) is 0 Å². The molecule has 12 heteroatoms. The number of piperazine rings is 1. The highest BCUT2D eigenvalue weighted by molar-refractivity contribution is 6.00. The number of benzene rings is 1. The first-order chi connectivity index (χ1) is 19.8. The quantitative estimate of drug-likeness (QED) is 0.504. The van der Waals surface area contributed by atoms with Crippen molar-refractivity contribution in [3.63, 3.8) is 0 Å². The van der Waals surface area contributed by atoms with Crippen molar-refractivity contribution in [2.24, 2.45) is 5.92 Å². The molecule has 1 aromatic heterocycles. The normalized spacial score (nSPS) is 19.0. The number of carbonyl (C=O) groups excluding carboxylic acids is 4. The summed E-state index contributed by atoms with van der Waals surface area (Å²) in [7, 11) is 1.20. The van der Waals surface area contributed by atoms with Gasteiger partial charge < -0.3 is 29.2 Å². The fourth-order valence-electron chi connectivity index (χ4n) is 5.88. The molecule has 230 valence electrons. The van der Waals surface area contributed by atoms with Gasteiger partial charge in [0.15, 0.2) is 11.6 Å². The van der Waals surface area contributed by atoms with Gasteiger partial charge in [0.2, 0.25) is 5.91 Å². The molecule has 2 aromatic rings. The first-order valence-corrected chi connectivity index (χ1v) is 14.4. The Kier molecular flexibility index (Phi) is 9.42. The molecule has 0 radical (unpaired) electrons. The molecule has 0 spiro atoms.